The van der Waals surface area contributed by atoms with E-state index in [1.165, 1.54) is 30.0 Å². The van der Waals surface area contributed by atoms with Gasteiger partial charge in [0.25, 0.3) is 0 Å². The number of carbonyl (C=O) groups excluding carboxylic acids is 1. The molecule has 1 aromatic heterocycles. The highest BCUT2D eigenvalue weighted by Gasteiger charge is 2.20. The van der Waals surface area contributed by atoms with Gasteiger partial charge < -0.3 is 14.6 Å². The number of ether oxygens (including phenoxy) is 1. The van der Waals surface area contributed by atoms with Gasteiger partial charge in [0.05, 0.1) is 15.8 Å². The van der Waals surface area contributed by atoms with Crippen molar-refractivity contribution in [1.82, 2.24) is 14.8 Å². The van der Waals surface area contributed by atoms with Gasteiger partial charge in [0.1, 0.15) is 11.6 Å². The third-order valence-corrected chi connectivity index (χ3v) is 5.92. The Labute approximate surface area is 194 Å². The van der Waals surface area contributed by atoms with Gasteiger partial charge in [-0.25, -0.2) is 4.39 Å². The second-order valence-corrected chi connectivity index (χ2v) is 8.50. The van der Waals surface area contributed by atoms with Gasteiger partial charge in [-0.15, -0.1) is 10.2 Å². The summed E-state index contributed by atoms with van der Waals surface area (Å²) in [6, 6.07) is 9.58. The summed E-state index contributed by atoms with van der Waals surface area (Å²) in [4.78, 5) is 12.3. The third kappa shape index (κ3) is 5.90. The van der Waals surface area contributed by atoms with Crippen molar-refractivity contribution < 1.29 is 13.9 Å². The standard InChI is InChI=1S/C21H21Cl2FN4O2S/c1-4-28-20(13(3)30-18-9-12(2)5-7-15(18)22)26-27-21(28)31-11-19(29)25-14-6-8-17(24)16(23)10-14/h5-10,13H,4,11H2,1-3H3,(H,25,29). The van der Waals surface area contributed by atoms with Crippen molar-refractivity contribution in [3.63, 3.8) is 0 Å². The van der Waals surface area contributed by atoms with E-state index in [2.05, 4.69) is 15.5 Å². The molecule has 0 aliphatic heterocycles. The number of anilines is 1. The van der Waals surface area contributed by atoms with Crippen LogP contribution in [0.5, 0.6) is 5.75 Å². The molecule has 31 heavy (non-hydrogen) atoms. The Balaban J connectivity index is 1.65. The first-order chi connectivity index (χ1) is 14.8. The summed E-state index contributed by atoms with van der Waals surface area (Å²) in [5.41, 5.74) is 1.46. The van der Waals surface area contributed by atoms with Crippen LogP contribution in [0, 0.1) is 12.7 Å². The van der Waals surface area contributed by atoms with E-state index in [0.29, 0.717) is 34.0 Å². The van der Waals surface area contributed by atoms with Crippen molar-refractivity contribution in [2.45, 2.75) is 38.6 Å². The number of carbonyl (C=O) groups is 1. The number of rotatable bonds is 8. The van der Waals surface area contributed by atoms with Crippen LogP contribution in [0.15, 0.2) is 41.6 Å². The van der Waals surface area contributed by atoms with E-state index in [0.717, 1.165) is 5.56 Å². The maximum absolute atomic E-state index is 13.3. The summed E-state index contributed by atoms with van der Waals surface area (Å²) in [5.74, 6) is 0.503. The zero-order chi connectivity index (χ0) is 22.5. The minimum atomic E-state index is -0.541. The number of hydrogen-bond acceptors (Lipinski definition) is 5. The molecule has 1 heterocycles. The number of aryl methyl sites for hydroxylation is 1. The molecule has 0 saturated carbocycles. The first-order valence-electron chi connectivity index (χ1n) is 9.52. The smallest absolute Gasteiger partial charge is 0.234 e. The van der Waals surface area contributed by atoms with Gasteiger partial charge in [-0.1, -0.05) is 41.0 Å². The van der Waals surface area contributed by atoms with Crippen LogP contribution in [0.25, 0.3) is 0 Å². The van der Waals surface area contributed by atoms with Crippen molar-refractivity contribution in [2.75, 3.05) is 11.1 Å². The van der Waals surface area contributed by atoms with Crippen LogP contribution in [0.2, 0.25) is 10.0 Å². The molecule has 0 radical (unpaired) electrons. The van der Waals surface area contributed by atoms with Crippen molar-refractivity contribution in [2.24, 2.45) is 0 Å². The number of halogens is 3. The lowest BCUT2D eigenvalue weighted by Gasteiger charge is -2.16. The van der Waals surface area contributed by atoms with Gasteiger partial charge in [0.2, 0.25) is 5.91 Å². The van der Waals surface area contributed by atoms with Crippen molar-refractivity contribution in [1.29, 1.82) is 0 Å². The lowest BCUT2D eigenvalue weighted by Crippen LogP contribution is -2.15. The predicted octanol–water partition coefficient (Wildman–Crippen LogP) is 5.92. The SMILES string of the molecule is CCn1c(SCC(=O)Nc2ccc(F)c(Cl)c2)nnc1C(C)Oc1cc(C)ccc1Cl. The summed E-state index contributed by atoms with van der Waals surface area (Å²) in [6.07, 6.45) is -0.392. The molecule has 0 bridgehead atoms. The summed E-state index contributed by atoms with van der Waals surface area (Å²) >= 11 is 13.2. The molecule has 0 aliphatic rings. The zero-order valence-electron chi connectivity index (χ0n) is 17.2. The molecule has 1 amide bonds. The summed E-state index contributed by atoms with van der Waals surface area (Å²) in [5, 5.41) is 12.2. The molecule has 1 atom stereocenters. The number of amides is 1. The fourth-order valence-electron chi connectivity index (χ4n) is 2.85. The van der Waals surface area contributed by atoms with Crippen LogP contribution in [-0.2, 0) is 11.3 Å². The third-order valence-electron chi connectivity index (χ3n) is 4.35. The number of nitrogens with zero attached hydrogens (tertiary/aromatic N) is 3. The second-order valence-electron chi connectivity index (χ2n) is 6.74. The topological polar surface area (TPSA) is 69.0 Å². The molecule has 1 N–H and O–H groups in total. The Kier molecular flexibility index (Phi) is 7.80. The summed E-state index contributed by atoms with van der Waals surface area (Å²) < 4.78 is 21.1. The largest absolute Gasteiger partial charge is 0.481 e. The van der Waals surface area contributed by atoms with E-state index < -0.39 is 11.9 Å². The summed E-state index contributed by atoms with van der Waals surface area (Å²) in [6.45, 7) is 6.40. The first kappa shape index (κ1) is 23.4. The average Bonchev–Trinajstić information content (AvgIpc) is 3.15. The first-order valence-corrected chi connectivity index (χ1v) is 11.3. The van der Waals surface area contributed by atoms with Crippen LogP contribution in [0.4, 0.5) is 10.1 Å². The number of thioether (sulfide) groups is 1. The highest BCUT2D eigenvalue weighted by Crippen LogP contribution is 2.30. The van der Waals surface area contributed by atoms with Crippen LogP contribution >= 0.6 is 35.0 Å². The molecule has 6 nitrogen and oxygen atoms in total. The van der Waals surface area contributed by atoms with E-state index in [4.69, 9.17) is 27.9 Å². The van der Waals surface area contributed by atoms with Gasteiger partial charge in [-0.2, -0.15) is 0 Å². The van der Waals surface area contributed by atoms with E-state index in [9.17, 15) is 9.18 Å². The van der Waals surface area contributed by atoms with E-state index in [1.54, 1.807) is 6.07 Å². The number of aromatic nitrogens is 3. The van der Waals surface area contributed by atoms with Gasteiger partial charge in [0, 0.05) is 12.2 Å². The highest BCUT2D eigenvalue weighted by molar-refractivity contribution is 7.99. The Bertz CT molecular complexity index is 1090. The molecule has 2 aromatic carbocycles. The van der Waals surface area contributed by atoms with Crippen molar-refractivity contribution >= 4 is 46.6 Å². The molecule has 0 saturated heterocycles. The van der Waals surface area contributed by atoms with E-state index in [1.807, 2.05) is 37.5 Å². The molecule has 3 aromatic rings. The second kappa shape index (κ2) is 10.3. The van der Waals surface area contributed by atoms with E-state index in [-0.39, 0.29) is 16.7 Å². The Hall–Kier alpha value is -2.29. The molecule has 3 rings (SSSR count). The van der Waals surface area contributed by atoms with Crippen LogP contribution < -0.4 is 10.1 Å². The zero-order valence-corrected chi connectivity index (χ0v) is 19.5. The molecule has 1 unspecified atom stereocenters. The number of hydrogen-bond donors (Lipinski definition) is 1. The molecule has 10 heteroatoms. The predicted molar refractivity (Wildman–Crippen MR) is 122 cm³/mol. The Morgan fingerprint density at radius 3 is 2.71 bits per heavy atom. The van der Waals surface area contributed by atoms with Crippen molar-refractivity contribution in [3.8, 4) is 5.75 Å². The Morgan fingerprint density at radius 2 is 2.00 bits per heavy atom. The van der Waals surface area contributed by atoms with Gasteiger partial charge in [-0.05, 0) is 56.7 Å². The quantitative estimate of drug-likeness (QED) is 0.403. The Morgan fingerprint density at radius 1 is 1.23 bits per heavy atom. The van der Waals surface area contributed by atoms with E-state index >= 15 is 0 Å². The highest BCUT2D eigenvalue weighted by atomic mass is 35.5. The molecule has 0 aliphatic carbocycles. The number of nitrogens with one attached hydrogen (secondary N) is 1. The van der Waals surface area contributed by atoms with Crippen LogP contribution in [0.3, 0.4) is 0 Å². The van der Waals surface area contributed by atoms with Crippen LogP contribution in [-0.4, -0.2) is 26.4 Å². The molecule has 164 valence electrons. The molecular weight excluding hydrogens is 462 g/mol. The van der Waals surface area contributed by atoms with Crippen LogP contribution in [0.1, 0.15) is 31.3 Å². The van der Waals surface area contributed by atoms with Gasteiger partial charge >= 0.3 is 0 Å². The van der Waals surface area contributed by atoms with Gasteiger partial charge in [-0.3, -0.25) is 4.79 Å². The lowest BCUT2D eigenvalue weighted by molar-refractivity contribution is -0.113. The molecule has 0 fully saturated rings. The van der Waals surface area contributed by atoms with Crippen molar-refractivity contribution in [3.05, 3.63) is 63.6 Å². The molecular formula is C21H21Cl2FN4O2S. The maximum Gasteiger partial charge on any atom is 0.234 e. The summed E-state index contributed by atoms with van der Waals surface area (Å²) in [7, 11) is 0. The fourth-order valence-corrected chi connectivity index (χ4v) is 4.00. The minimum absolute atomic E-state index is 0.0523. The number of benzene rings is 2. The monoisotopic (exact) mass is 482 g/mol. The minimum Gasteiger partial charge on any atom is -0.481 e. The maximum atomic E-state index is 13.3. The fraction of sp³-hybridized carbons (Fsp3) is 0.286. The molecule has 0 spiro atoms. The average molecular weight is 483 g/mol. The lowest BCUT2D eigenvalue weighted by atomic mass is 10.2. The van der Waals surface area contributed by atoms with Gasteiger partial charge in [0.15, 0.2) is 17.1 Å². The normalized spacial score (nSPS) is 11.9.